The van der Waals surface area contributed by atoms with Crippen LogP contribution in [0.3, 0.4) is 0 Å². The number of amides is 2. The van der Waals surface area contributed by atoms with Crippen LogP contribution in [0.25, 0.3) is 0 Å². The Morgan fingerprint density at radius 1 is 1.12 bits per heavy atom. The first kappa shape index (κ1) is 18.4. The molecule has 2 aromatic rings. The molecule has 1 unspecified atom stereocenters. The maximum Gasteiger partial charge on any atom is 0.315 e. The van der Waals surface area contributed by atoms with Crippen molar-refractivity contribution in [2.45, 2.75) is 30.8 Å². The second kappa shape index (κ2) is 7.88. The molecular formula is C19H23N3O3S. The van der Waals surface area contributed by atoms with Crippen LogP contribution in [0.15, 0.2) is 59.5 Å². The van der Waals surface area contributed by atoms with Crippen LogP contribution in [-0.4, -0.2) is 31.8 Å². The minimum Gasteiger partial charge on any atom is -0.334 e. The van der Waals surface area contributed by atoms with Crippen molar-refractivity contribution in [3.05, 3.63) is 65.7 Å². The van der Waals surface area contributed by atoms with Crippen LogP contribution < -0.4 is 10.6 Å². The lowest BCUT2D eigenvalue weighted by Crippen LogP contribution is -2.38. The molecule has 2 N–H and O–H groups in total. The van der Waals surface area contributed by atoms with Crippen molar-refractivity contribution in [3.63, 3.8) is 0 Å². The van der Waals surface area contributed by atoms with Gasteiger partial charge in [0, 0.05) is 19.6 Å². The Labute approximate surface area is 154 Å². The van der Waals surface area contributed by atoms with E-state index in [4.69, 9.17) is 0 Å². The van der Waals surface area contributed by atoms with Crippen molar-refractivity contribution in [2.75, 3.05) is 13.1 Å². The van der Waals surface area contributed by atoms with E-state index in [1.165, 1.54) is 4.31 Å². The van der Waals surface area contributed by atoms with Crippen LogP contribution in [0.5, 0.6) is 0 Å². The van der Waals surface area contributed by atoms with Gasteiger partial charge in [0.1, 0.15) is 0 Å². The Bertz CT molecular complexity index is 869. The average Bonchev–Trinajstić information content (AvgIpc) is 2.76. The molecule has 26 heavy (non-hydrogen) atoms. The third kappa shape index (κ3) is 3.89. The predicted molar refractivity (Wildman–Crippen MR) is 100 cm³/mol. The third-order valence-electron chi connectivity index (χ3n) is 4.53. The first-order valence-corrected chi connectivity index (χ1v) is 10.1. The van der Waals surface area contributed by atoms with Crippen LogP contribution in [0.4, 0.5) is 4.79 Å². The maximum atomic E-state index is 12.8. The van der Waals surface area contributed by atoms with Crippen LogP contribution in [0.1, 0.15) is 30.5 Å². The monoisotopic (exact) mass is 373 g/mol. The van der Waals surface area contributed by atoms with E-state index in [1.807, 2.05) is 37.3 Å². The molecule has 0 radical (unpaired) electrons. The Balaban J connectivity index is 1.76. The first-order valence-electron chi connectivity index (χ1n) is 8.69. The van der Waals surface area contributed by atoms with Gasteiger partial charge in [-0.25, -0.2) is 13.2 Å². The van der Waals surface area contributed by atoms with Gasteiger partial charge in [-0.05, 0) is 23.6 Å². The number of fused-ring (bicyclic) bond motifs is 1. The summed E-state index contributed by atoms with van der Waals surface area (Å²) in [7, 11) is -3.53. The summed E-state index contributed by atoms with van der Waals surface area (Å²) >= 11 is 0. The second-order valence-electron chi connectivity index (χ2n) is 6.19. The number of carbonyl (C=O) groups is 1. The largest absolute Gasteiger partial charge is 0.334 e. The summed E-state index contributed by atoms with van der Waals surface area (Å²) in [5, 5.41) is 5.76. The minimum absolute atomic E-state index is 0.271. The van der Waals surface area contributed by atoms with Gasteiger partial charge in [-0.2, -0.15) is 4.31 Å². The van der Waals surface area contributed by atoms with Gasteiger partial charge in [-0.15, -0.1) is 0 Å². The molecule has 2 amide bonds. The normalized spacial score (nSPS) is 19.2. The highest BCUT2D eigenvalue weighted by molar-refractivity contribution is 7.89. The SMILES string of the molecule is CCN1CCC(NC(=O)NCc2ccccc2)c2ccccc2S1(=O)=O. The van der Waals surface area contributed by atoms with Gasteiger partial charge >= 0.3 is 6.03 Å². The van der Waals surface area contributed by atoms with Gasteiger partial charge in [0.15, 0.2) is 0 Å². The molecule has 0 fully saturated rings. The third-order valence-corrected chi connectivity index (χ3v) is 6.58. The van der Waals surface area contributed by atoms with E-state index in [0.717, 1.165) is 5.56 Å². The molecule has 6 nitrogen and oxygen atoms in total. The number of urea groups is 1. The summed E-state index contributed by atoms with van der Waals surface area (Å²) in [6, 6.07) is 15.9. The summed E-state index contributed by atoms with van der Waals surface area (Å²) in [4.78, 5) is 12.6. The Morgan fingerprint density at radius 3 is 2.54 bits per heavy atom. The van der Waals surface area contributed by atoms with E-state index < -0.39 is 10.0 Å². The predicted octanol–water partition coefficient (Wildman–Crippen LogP) is 2.64. The highest BCUT2D eigenvalue weighted by Gasteiger charge is 2.33. The molecule has 0 bridgehead atoms. The number of hydrogen-bond acceptors (Lipinski definition) is 3. The maximum absolute atomic E-state index is 12.8. The number of carbonyl (C=O) groups excluding carboxylic acids is 1. The lowest BCUT2D eigenvalue weighted by Gasteiger charge is -2.19. The highest BCUT2D eigenvalue weighted by Crippen LogP contribution is 2.31. The van der Waals surface area contributed by atoms with Gasteiger partial charge < -0.3 is 10.6 Å². The number of hydrogen-bond donors (Lipinski definition) is 2. The minimum atomic E-state index is -3.53. The molecule has 0 aromatic heterocycles. The zero-order valence-corrected chi connectivity index (χ0v) is 15.5. The van der Waals surface area contributed by atoms with Crippen LogP contribution >= 0.6 is 0 Å². The van der Waals surface area contributed by atoms with Crippen LogP contribution in [-0.2, 0) is 16.6 Å². The van der Waals surface area contributed by atoms with E-state index in [1.54, 1.807) is 24.3 Å². The molecule has 0 saturated carbocycles. The smallest absolute Gasteiger partial charge is 0.315 e. The first-order chi connectivity index (χ1) is 12.5. The topological polar surface area (TPSA) is 78.5 Å². The Morgan fingerprint density at radius 2 is 1.81 bits per heavy atom. The molecule has 0 aliphatic carbocycles. The number of benzene rings is 2. The van der Waals surface area contributed by atoms with Crippen molar-refractivity contribution in [3.8, 4) is 0 Å². The van der Waals surface area contributed by atoms with Gasteiger partial charge in [0.05, 0.1) is 10.9 Å². The molecule has 1 heterocycles. The standard InChI is InChI=1S/C19H23N3O3S/c1-2-22-13-12-17(16-10-6-7-11-18(16)26(22,24)25)21-19(23)20-14-15-8-4-3-5-9-15/h3-11,17H,2,12-14H2,1H3,(H2,20,21,23). The second-order valence-corrected chi connectivity index (χ2v) is 8.09. The fourth-order valence-electron chi connectivity index (χ4n) is 3.16. The van der Waals surface area contributed by atoms with Crippen molar-refractivity contribution >= 4 is 16.1 Å². The molecule has 138 valence electrons. The number of nitrogens with one attached hydrogen (secondary N) is 2. The van der Waals surface area contributed by atoms with Crippen LogP contribution in [0, 0.1) is 0 Å². The van der Waals surface area contributed by atoms with Gasteiger partial charge in [-0.1, -0.05) is 55.5 Å². The summed E-state index contributed by atoms with van der Waals surface area (Å²) in [6.07, 6.45) is 0.531. The van der Waals surface area contributed by atoms with Gasteiger partial charge in [0.25, 0.3) is 0 Å². The van der Waals surface area contributed by atoms with E-state index in [9.17, 15) is 13.2 Å². The molecule has 7 heteroatoms. The summed E-state index contributed by atoms with van der Waals surface area (Å²) in [6.45, 7) is 3.02. The molecule has 1 aliphatic rings. The number of rotatable bonds is 4. The van der Waals surface area contributed by atoms with Crippen LogP contribution in [0.2, 0.25) is 0 Å². The fraction of sp³-hybridized carbons (Fsp3) is 0.316. The molecule has 3 rings (SSSR count). The van der Waals surface area contributed by atoms with E-state index in [2.05, 4.69) is 10.6 Å². The van der Waals surface area contributed by atoms with Crippen molar-refractivity contribution in [1.29, 1.82) is 0 Å². The lowest BCUT2D eigenvalue weighted by atomic mass is 10.0. The van der Waals surface area contributed by atoms with E-state index in [0.29, 0.717) is 31.6 Å². The lowest BCUT2D eigenvalue weighted by molar-refractivity contribution is 0.235. The molecule has 1 atom stereocenters. The summed E-state index contributed by atoms with van der Waals surface area (Å²) in [5.74, 6) is 0. The van der Waals surface area contributed by atoms with Gasteiger partial charge in [0.2, 0.25) is 10.0 Å². The van der Waals surface area contributed by atoms with E-state index >= 15 is 0 Å². The molecular weight excluding hydrogens is 350 g/mol. The summed E-state index contributed by atoms with van der Waals surface area (Å²) in [5.41, 5.74) is 1.64. The fourth-order valence-corrected chi connectivity index (χ4v) is 4.88. The van der Waals surface area contributed by atoms with Gasteiger partial charge in [-0.3, -0.25) is 0 Å². The highest BCUT2D eigenvalue weighted by atomic mass is 32.2. The zero-order valence-electron chi connectivity index (χ0n) is 14.7. The zero-order chi connectivity index (χ0) is 18.6. The quantitative estimate of drug-likeness (QED) is 0.865. The van der Waals surface area contributed by atoms with E-state index in [-0.39, 0.29) is 17.0 Å². The number of sulfonamides is 1. The van der Waals surface area contributed by atoms with Crippen molar-refractivity contribution < 1.29 is 13.2 Å². The molecule has 0 saturated heterocycles. The molecule has 2 aromatic carbocycles. The Kier molecular flexibility index (Phi) is 5.58. The van der Waals surface area contributed by atoms with Crippen molar-refractivity contribution in [2.24, 2.45) is 0 Å². The Hall–Kier alpha value is -2.38. The van der Waals surface area contributed by atoms with Crippen molar-refractivity contribution in [1.82, 2.24) is 14.9 Å². The molecule has 0 spiro atoms. The molecule has 1 aliphatic heterocycles. The number of nitrogens with zero attached hydrogens (tertiary/aromatic N) is 1. The summed E-state index contributed by atoms with van der Waals surface area (Å²) < 4.78 is 27.0. The average molecular weight is 373 g/mol.